The molecule has 0 aliphatic rings. The summed E-state index contributed by atoms with van der Waals surface area (Å²) in [5.74, 6) is 1.55. The van der Waals surface area contributed by atoms with E-state index >= 15 is 0 Å². The molecule has 0 saturated heterocycles. The minimum absolute atomic E-state index is 0.606. The molecule has 0 aliphatic carbocycles. The molecule has 4 nitrogen and oxygen atoms in total. The Bertz CT molecular complexity index is 782. The summed E-state index contributed by atoms with van der Waals surface area (Å²) in [5, 5.41) is 4.88. The van der Waals surface area contributed by atoms with E-state index in [9.17, 15) is 0 Å². The fourth-order valence-electron chi connectivity index (χ4n) is 2.26. The molecular weight excluding hydrogens is 286 g/mol. The van der Waals surface area contributed by atoms with E-state index in [-0.39, 0.29) is 0 Å². The van der Waals surface area contributed by atoms with Crippen molar-refractivity contribution in [3.8, 4) is 11.5 Å². The number of nitrogens with zero attached hydrogens (tertiary/aromatic N) is 2. The van der Waals surface area contributed by atoms with Gasteiger partial charge >= 0.3 is 0 Å². The molecule has 2 aromatic heterocycles. The Morgan fingerprint density at radius 3 is 2.90 bits per heavy atom. The van der Waals surface area contributed by atoms with E-state index in [0.29, 0.717) is 16.4 Å². The zero-order valence-electron chi connectivity index (χ0n) is 12.0. The van der Waals surface area contributed by atoms with Crippen LogP contribution in [-0.2, 0) is 0 Å². The lowest BCUT2D eigenvalue weighted by Gasteiger charge is -2.09. The van der Waals surface area contributed by atoms with Gasteiger partial charge in [0, 0.05) is 17.5 Å². The number of anilines is 1. The second kappa shape index (κ2) is 5.74. The molecule has 1 N–H and O–H groups in total. The molecule has 0 saturated carbocycles. The Balaban J connectivity index is 2.08. The number of hydrogen-bond acceptors (Lipinski definition) is 4. The summed E-state index contributed by atoms with van der Waals surface area (Å²) < 4.78 is 5.88. The second-order valence-electron chi connectivity index (χ2n) is 4.89. The Hall–Kier alpha value is -2.07. The van der Waals surface area contributed by atoms with Crippen molar-refractivity contribution < 1.29 is 4.42 Å². The van der Waals surface area contributed by atoms with Gasteiger partial charge in [0.15, 0.2) is 11.3 Å². The number of aromatic nitrogens is 2. The van der Waals surface area contributed by atoms with Gasteiger partial charge in [-0.25, -0.2) is 9.97 Å². The van der Waals surface area contributed by atoms with Crippen molar-refractivity contribution in [1.82, 2.24) is 9.97 Å². The lowest BCUT2D eigenvalue weighted by atomic mass is 10.1. The number of fused-ring (bicyclic) bond motifs is 1. The van der Waals surface area contributed by atoms with Gasteiger partial charge in [-0.2, -0.15) is 0 Å². The Labute approximate surface area is 128 Å². The summed E-state index contributed by atoms with van der Waals surface area (Å²) in [6.45, 7) is 4.98. The van der Waals surface area contributed by atoms with Crippen LogP contribution in [0.3, 0.4) is 0 Å². The van der Waals surface area contributed by atoms with Crippen LogP contribution in [0.15, 0.2) is 35.0 Å². The van der Waals surface area contributed by atoms with Gasteiger partial charge in [0.05, 0.1) is 5.02 Å². The van der Waals surface area contributed by atoms with Gasteiger partial charge < -0.3 is 9.73 Å². The smallest absolute Gasteiger partial charge is 0.154 e. The molecule has 108 valence electrons. The summed E-state index contributed by atoms with van der Waals surface area (Å²) in [4.78, 5) is 8.64. The topological polar surface area (TPSA) is 51.0 Å². The second-order valence-corrected chi connectivity index (χ2v) is 5.30. The molecule has 0 bridgehead atoms. The molecule has 2 heterocycles. The van der Waals surface area contributed by atoms with Crippen molar-refractivity contribution in [2.75, 3.05) is 11.9 Å². The molecule has 0 amide bonds. The number of rotatable bonds is 4. The summed E-state index contributed by atoms with van der Waals surface area (Å²) in [5.41, 5.74) is 2.45. The highest BCUT2D eigenvalue weighted by atomic mass is 35.5. The van der Waals surface area contributed by atoms with Gasteiger partial charge in [-0.3, -0.25) is 0 Å². The molecule has 0 atom stereocenters. The molecule has 21 heavy (non-hydrogen) atoms. The maximum absolute atomic E-state index is 6.16. The molecule has 0 aliphatic heterocycles. The number of halogens is 1. The molecule has 5 heteroatoms. The van der Waals surface area contributed by atoms with Crippen LogP contribution < -0.4 is 5.32 Å². The third-order valence-electron chi connectivity index (χ3n) is 3.36. The zero-order chi connectivity index (χ0) is 14.8. The molecule has 0 radical (unpaired) electrons. The monoisotopic (exact) mass is 301 g/mol. The number of para-hydroxylation sites is 1. The quantitative estimate of drug-likeness (QED) is 0.760. The Kier molecular flexibility index (Phi) is 3.80. The van der Waals surface area contributed by atoms with Crippen molar-refractivity contribution in [2.45, 2.75) is 20.3 Å². The van der Waals surface area contributed by atoms with Gasteiger partial charge in [0.1, 0.15) is 17.8 Å². The van der Waals surface area contributed by atoms with Crippen molar-refractivity contribution in [2.24, 2.45) is 0 Å². The third kappa shape index (κ3) is 2.59. The largest absolute Gasteiger partial charge is 0.453 e. The first kappa shape index (κ1) is 13.9. The summed E-state index contributed by atoms with van der Waals surface area (Å²) >= 11 is 6.16. The first-order valence-corrected chi connectivity index (χ1v) is 7.32. The average Bonchev–Trinajstić information content (AvgIpc) is 2.91. The number of nitrogens with one attached hydrogen (secondary N) is 1. The maximum atomic E-state index is 6.16. The van der Waals surface area contributed by atoms with Crippen LogP contribution in [0.2, 0.25) is 5.02 Å². The summed E-state index contributed by atoms with van der Waals surface area (Å²) in [6, 6.07) is 7.66. The molecule has 0 spiro atoms. The highest BCUT2D eigenvalue weighted by Gasteiger charge is 2.14. The Morgan fingerprint density at radius 2 is 2.14 bits per heavy atom. The molecule has 1 aromatic carbocycles. The highest BCUT2D eigenvalue weighted by molar-refractivity contribution is 6.34. The highest BCUT2D eigenvalue weighted by Crippen LogP contribution is 2.33. The third-order valence-corrected chi connectivity index (χ3v) is 3.65. The van der Waals surface area contributed by atoms with Crippen LogP contribution in [0, 0.1) is 6.92 Å². The number of furan rings is 1. The zero-order valence-corrected chi connectivity index (χ0v) is 12.7. The first-order chi connectivity index (χ1) is 10.2. The molecule has 3 rings (SSSR count). The minimum Gasteiger partial charge on any atom is -0.453 e. The van der Waals surface area contributed by atoms with Gasteiger partial charge in [-0.1, -0.05) is 30.7 Å². The fourth-order valence-corrected chi connectivity index (χ4v) is 2.48. The Morgan fingerprint density at radius 1 is 1.29 bits per heavy atom. The van der Waals surface area contributed by atoms with Gasteiger partial charge in [-0.15, -0.1) is 0 Å². The lowest BCUT2D eigenvalue weighted by molar-refractivity contribution is 0.628. The standard InChI is InChI=1S/C16H16ClN3O/c1-3-7-18-16-10(2)14(19-9-20-16)13-8-11-5-4-6-12(17)15(11)21-13/h4-6,8-9H,3,7H2,1-2H3,(H,18,19,20). The summed E-state index contributed by atoms with van der Waals surface area (Å²) in [7, 11) is 0. The van der Waals surface area contributed by atoms with E-state index < -0.39 is 0 Å². The van der Waals surface area contributed by atoms with Crippen molar-refractivity contribution in [3.63, 3.8) is 0 Å². The van der Waals surface area contributed by atoms with Crippen LogP contribution in [0.4, 0.5) is 5.82 Å². The van der Waals surface area contributed by atoms with Crippen molar-refractivity contribution in [3.05, 3.63) is 41.2 Å². The SMILES string of the molecule is CCCNc1ncnc(-c2cc3cccc(Cl)c3o2)c1C. The van der Waals surface area contributed by atoms with Crippen LogP contribution >= 0.6 is 11.6 Å². The van der Waals surface area contributed by atoms with Crippen LogP contribution in [0.1, 0.15) is 18.9 Å². The molecule has 0 fully saturated rings. The van der Waals surface area contributed by atoms with E-state index in [2.05, 4.69) is 22.2 Å². The predicted molar refractivity (Wildman–Crippen MR) is 85.8 cm³/mol. The van der Waals surface area contributed by atoms with Crippen molar-refractivity contribution in [1.29, 1.82) is 0 Å². The van der Waals surface area contributed by atoms with E-state index in [4.69, 9.17) is 16.0 Å². The van der Waals surface area contributed by atoms with Gasteiger partial charge in [0.2, 0.25) is 0 Å². The number of benzene rings is 1. The van der Waals surface area contributed by atoms with Gasteiger partial charge in [-0.05, 0) is 25.5 Å². The lowest BCUT2D eigenvalue weighted by Crippen LogP contribution is -2.05. The maximum Gasteiger partial charge on any atom is 0.154 e. The van der Waals surface area contributed by atoms with Crippen LogP contribution in [-0.4, -0.2) is 16.5 Å². The van der Waals surface area contributed by atoms with E-state index in [1.165, 1.54) is 0 Å². The van der Waals surface area contributed by atoms with E-state index in [0.717, 1.165) is 35.4 Å². The fraction of sp³-hybridized carbons (Fsp3) is 0.250. The van der Waals surface area contributed by atoms with Crippen molar-refractivity contribution >= 4 is 28.4 Å². The average molecular weight is 302 g/mol. The molecular formula is C16H16ClN3O. The predicted octanol–water partition coefficient (Wildman–Crippen LogP) is 4.67. The first-order valence-electron chi connectivity index (χ1n) is 6.94. The van der Waals surface area contributed by atoms with Crippen LogP contribution in [0.5, 0.6) is 0 Å². The molecule has 0 unspecified atom stereocenters. The normalized spacial score (nSPS) is 11.0. The van der Waals surface area contributed by atoms with Gasteiger partial charge in [0.25, 0.3) is 0 Å². The van der Waals surface area contributed by atoms with Crippen LogP contribution in [0.25, 0.3) is 22.4 Å². The molecule has 3 aromatic rings. The summed E-state index contributed by atoms with van der Waals surface area (Å²) in [6.07, 6.45) is 2.59. The van der Waals surface area contributed by atoms with E-state index in [1.807, 2.05) is 31.2 Å². The van der Waals surface area contributed by atoms with E-state index in [1.54, 1.807) is 6.33 Å². The minimum atomic E-state index is 0.606. The number of hydrogen-bond donors (Lipinski definition) is 1.